The minimum Gasteiger partial charge on any atom is -0.356 e. The summed E-state index contributed by atoms with van der Waals surface area (Å²) in [5.41, 5.74) is 0. The topological polar surface area (TPSA) is 65.5 Å². The molecule has 1 saturated carbocycles. The van der Waals surface area contributed by atoms with Crippen molar-refractivity contribution < 1.29 is 4.79 Å². The van der Waals surface area contributed by atoms with Gasteiger partial charge >= 0.3 is 0 Å². The van der Waals surface area contributed by atoms with Crippen molar-refractivity contribution in [3.8, 4) is 0 Å². The lowest BCUT2D eigenvalue weighted by Gasteiger charge is -2.20. The smallest absolute Gasteiger partial charge is 0.223 e. The van der Waals surface area contributed by atoms with Gasteiger partial charge in [0.1, 0.15) is 0 Å². The lowest BCUT2D eigenvalue weighted by Crippen LogP contribution is -2.42. The second kappa shape index (κ2) is 12.2. The molecule has 20 heavy (non-hydrogen) atoms. The van der Waals surface area contributed by atoms with Gasteiger partial charge in [0.25, 0.3) is 0 Å². The van der Waals surface area contributed by atoms with E-state index in [9.17, 15) is 4.79 Å². The monoisotopic (exact) mass is 396 g/mol. The molecule has 0 saturated heterocycles. The van der Waals surface area contributed by atoms with Gasteiger partial charge in [-0.25, -0.2) is 0 Å². The third-order valence-electron chi connectivity index (χ3n) is 3.46. The molecule has 0 spiro atoms. The van der Waals surface area contributed by atoms with Crippen LogP contribution in [0.5, 0.6) is 0 Å². The summed E-state index contributed by atoms with van der Waals surface area (Å²) in [6.07, 6.45) is 6.86. The van der Waals surface area contributed by atoms with Gasteiger partial charge in [-0.3, -0.25) is 9.79 Å². The van der Waals surface area contributed by atoms with Crippen molar-refractivity contribution in [2.75, 3.05) is 26.7 Å². The second-order valence-electron chi connectivity index (χ2n) is 5.05. The molecule has 1 aliphatic rings. The molecule has 0 radical (unpaired) electrons. The van der Waals surface area contributed by atoms with E-state index in [1.54, 1.807) is 7.05 Å². The van der Waals surface area contributed by atoms with Gasteiger partial charge in [0.15, 0.2) is 5.96 Å². The van der Waals surface area contributed by atoms with E-state index in [1.807, 2.05) is 0 Å². The van der Waals surface area contributed by atoms with Crippen LogP contribution < -0.4 is 16.0 Å². The van der Waals surface area contributed by atoms with Gasteiger partial charge in [0, 0.05) is 32.6 Å². The van der Waals surface area contributed by atoms with Crippen LogP contribution in [0, 0.1) is 5.92 Å². The highest BCUT2D eigenvalue weighted by Crippen LogP contribution is 2.23. The standard InChI is InChI=1S/C14H28N4O.HI/c1-3-9-17-14(15-2)18-11-10-16-13(19)12-7-5-4-6-8-12;/h12H,3-11H2,1-2H3,(H,16,19)(H2,15,17,18);1H. The van der Waals surface area contributed by atoms with Crippen molar-refractivity contribution >= 4 is 35.8 Å². The summed E-state index contributed by atoms with van der Waals surface area (Å²) >= 11 is 0. The number of aliphatic imine (C=N–C) groups is 1. The van der Waals surface area contributed by atoms with E-state index < -0.39 is 0 Å². The minimum absolute atomic E-state index is 0. The Bertz CT molecular complexity index is 291. The van der Waals surface area contributed by atoms with E-state index in [2.05, 4.69) is 27.9 Å². The zero-order valence-electron chi connectivity index (χ0n) is 12.7. The fourth-order valence-electron chi connectivity index (χ4n) is 2.34. The number of carbonyl (C=O) groups excluding carboxylic acids is 1. The highest BCUT2D eigenvalue weighted by molar-refractivity contribution is 14.0. The number of guanidine groups is 1. The predicted octanol–water partition coefficient (Wildman–Crippen LogP) is 1.88. The maximum absolute atomic E-state index is 11.9. The fourth-order valence-corrected chi connectivity index (χ4v) is 2.34. The Morgan fingerprint density at radius 1 is 1.05 bits per heavy atom. The Labute approximate surface area is 139 Å². The first kappa shape index (κ1) is 19.5. The first-order valence-electron chi connectivity index (χ1n) is 7.50. The molecule has 1 fully saturated rings. The van der Waals surface area contributed by atoms with E-state index in [0.29, 0.717) is 13.1 Å². The van der Waals surface area contributed by atoms with Crippen molar-refractivity contribution in [2.24, 2.45) is 10.9 Å². The number of nitrogens with one attached hydrogen (secondary N) is 3. The quantitative estimate of drug-likeness (QED) is 0.278. The van der Waals surface area contributed by atoms with Crippen LogP contribution in [-0.4, -0.2) is 38.5 Å². The minimum atomic E-state index is 0. The molecule has 118 valence electrons. The third-order valence-corrected chi connectivity index (χ3v) is 3.46. The average Bonchev–Trinajstić information content (AvgIpc) is 2.47. The molecule has 6 heteroatoms. The molecule has 0 heterocycles. The zero-order valence-corrected chi connectivity index (χ0v) is 15.0. The van der Waals surface area contributed by atoms with Gasteiger partial charge in [-0.15, -0.1) is 24.0 Å². The molecule has 0 aromatic carbocycles. The van der Waals surface area contributed by atoms with Crippen LogP contribution in [0.3, 0.4) is 0 Å². The SMILES string of the molecule is CCCNC(=NC)NCCNC(=O)C1CCCCC1.I. The summed E-state index contributed by atoms with van der Waals surface area (Å²) in [6.45, 7) is 4.39. The number of amides is 1. The molecule has 1 aliphatic carbocycles. The average molecular weight is 396 g/mol. The Balaban J connectivity index is 0.00000361. The highest BCUT2D eigenvalue weighted by atomic mass is 127. The molecule has 0 unspecified atom stereocenters. The van der Waals surface area contributed by atoms with E-state index in [1.165, 1.54) is 19.3 Å². The lowest BCUT2D eigenvalue weighted by molar-refractivity contribution is -0.125. The van der Waals surface area contributed by atoms with Crippen LogP contribution in [0.1, 0.15) is 45.4 Å². The molecule has 3 N–H and O–H groups in total. The zero-order chi connectivity index (χ0) is 13.9. The first-order valence-corrected chi connectivity index (χ1v) is 7.50. The maximum Gasteiger partial charge on any atom is 0.223 e. The van der Waals surface area contributed by atoms with E-state index in [0.717, 1.165) is 31.8 Å². The fraction of sp³-hybridized carbons (Fsp3) is 0.857. The van der Waals surface area contributed by atoms with Crippen molar-refractivity contribution in [2.45, 2.75) is 45.4 Å². The summed E-state index contributed by atoms with van der Waals surface area (Å²) in [5.74, 6) is 1.26. The van der Waals surface area contributed by atoms with Gasteiger partial charge in [0.2, 0.25) is 5.91 Å². The van der Waals surface area contributed by atoms with Gasteiger partial charge in [-0.05, 0) is 19.3 Å². The number of hydrogen-bond donors (Lipinski definition) is 3. The molecular weight excluding hydrogens is 367 g/mol. The molecule has 0 aromatic rings. The molecule has 5 nitrogen and oxygen atoms in total. The number of halogens is 1. The normalized spacial score (nSPS) is 16.2. The molecule has 0 aromatic heterocycles. The van der Waals surface area contributed by atoms with Crippen molar-refractivity contribution in [1.82, 2.24) is 16.0 Å². The molecular formula is C14H29IN4O. The summed E-state index contributed by atoms with van der Waals surface area (Å²) in [6, 6.07) is 0. The highest BCUT2D eigenvalue weighted by Gasteiger charge is 2.20. The van der Waals surface area contributed by atoms with Crippen LogP contribution in [0.2, 0.25) is 0 Å². The summed E-state index contributed by atoms with van der Waals surface area (Å²) in [4.78, 5) is 16.0. The number of nitrogens with zero attached hydrogens (tertiary/aromatic N) is 1. The Morgan fingerprint density at radius 3 is 2.25 bits per heavy atom. The number of rotatable bonds is 6. The Kier molecular flexibility index (Phi) is 11.9. The van der Waals surface area contributed by atoms with Crippen LogP contribution in [0.25, 0.3) is 0 Å². The van der Waals surface area contributed by atoms with Crippen molar-refractivity contribution in [1.29, 1.82) is 0 Å². The maximum atomic E-state index is 11.9. The van der Waals surface area contributed by atoms with Gasteiger partial charge in [-0.2, -0.15) is 0 Å². The largest absolute Gasteiger partial charge is 0.356 e. The van der Waals surface area contributed by atoms with Gasteiger partial charge in [0.05, 0.1) is 0 Å². The van der Waals surface area contributed by atoms with Crippen LogP contribution in [0.15, 0.2) is 4.99 Å². The van der Waals surface area contributed by atoms with E-state index in [-0.39, 0.29) is 35.8 Å². The second-order valence-corrected chi connectivity index (χ2v) is 5.05. The number of carbonyl (C=O) groups is 1. The van der Waals surface area contributed by atoms with E-state index >= 15 is 0 Å². The summed E-state index contributed by atoms with van der Waals surface area (Å²) in [5, 5.41) is 9.39. The first-order chi connectivity index (χ1) is 9.27. The Hall–Kier alpha value is -0.530. The summed E-state index contributed by atoms with van der Waals surface area (Å²) < 4.78 is 0. The Morgan fingerprint density at radius 2 is 1.65 bits per heavy atom. The number of hydrogen-bond acceptors (Lipinski definition) is 2. The van der Waals surface area contributed by atoms with E-state index in [4.69, 9.17) is 0 Å². The summed E-state index contributed by atoms with van der Waals surface area (Å²) in [7, 11) is 1.76. The molecule has 0 bridgehead atoms. The van der Waals surface area contributed by atoms with Crippen molar-refractivity contribution in [3.05, 3.63) is 0 Å². The molecule has 0 atom stereocenters. The van der Waals surface area contributed by atoms with Crippen LogP contribution in [-0.2, 0) is 4.79 Å². The van der Waals surface area contributed by atoms with Crippen LogP contribution >= 0.6 is 24.0 Å². The predicted molar refractivity (Wildman–Crippen MR) is 94.7 cm³/mol. The lowest BCUT2D eigenvalue weighted by atomic mass is 9.89. The molecule has 1 rings (SSSR count). The van der Waals surface area contributed by atoms with Crippen molar-refractivity contribution in [3.63, 3.8) is 0 Å². The third kappa shape index (κ3) is 7.91. The molecule has 0 aliphatic heterocycles. The molecule has 1 amide bonds. The van der Waals surface area contributed by atoms with Gasteiger partial charge < -0.3 is 16.0 Å². The van der Waals surface area contributed by atoms with Gasteiger partial charge in [-0.1, -0.05) is 26.2 Å². The van der Waals surface area contributed by atoms with Crippen LogP contribution in [0.4, 0.5) is 0 Å².